The lowest BCUT2D eigenvalue weighted by molar-refractivity contribution is 0.0950. The predicted molar refractivity (Wildman–Crippen MR) is 66.9 cm³/mol. The molecule has 0 fully saturated rings. The monoisotopic (exact) mass is 298 g/mol. The summed E-state index contributed by atoms with van der Waals surface area (Å²) in [7, 11) is -4.39. The molecule has 0 atom stereocenters. The molecule has 106 valence electrons. The van der Waals surface area contributed by atoms with Crippen LogP contribution in [0.15, 0.2) is 32.8 Å². The largest absolute Gasteiger partial charge is 0.441 e. The number of rotatable bonds is 4. The standard InChI is InChI=1S/C10H10N4O5S/c1-6-4-8(13-12-6)10(15)14-11-5-7-2-3-9(19-7)20(16,17)18/h2-5H,1H3,(H,12,13)(H,14,15)(H,16,17,18)/b11-5+. The van der Waals surface area contributed by atoms with Crippen LogP contribution in [0.1, 0.15) is 21.9 Å². The van der Waals surface area contributed by atoms with Crippen molar-refractivity contribution in [3.8, 4) is 0 Å². The highest BCUT2D eigenvalue weighted by Crippen LogP contribution is 2.11. The van der Waals surface area contributed by atoms with Gasteiger partial charge in [-0.05, 0) is 25.1 Å². The summed E-state index contributed by atoms with van der Waals surface area (Å²) in [5.74, 6) is -0.483. The SMILES string of the molecule is Cc1cc(C(=O)N/N=C/c2ccc(S(=O)(=O)O)o2)n[nH]1. The normalized spacial score (nSPS) is 11.9. The second-order valence-corrected chi connectivity index (χ2v) is 5.12. The number of carbonyl (C=O) groups excluding carboxylic acids is 1. The number of amides is 1. The number of hydrogen-bond acceptors (Lipinski definition) is 6. The third kappa shape index (κ3) is 3.30. The first-order valence-corrected chi connectivity index (χ1v) is 6.73. The Morgan fingerprint density at radius 2 is 2.30 bits per heavy atom. The number of aromatic nitrogens is 2. The zero-order valence-electron chi connectivity index (χ0n) is 10.2. The van der Waals surface area contributed by atoms with Crippen molar-refractivity contribution in [2.45, 2.75) is 12.0 Å². The highest BCUT2D eigenvalue weighted by atomic mass is 32.2. The van der Waals surface area contributed by atoms with Gasteiger partial charge in [0.2, 0.25) is 5.09 Å². The van der Waals surface area contributed by atoms with E-state index >= 15 is 0 Å². The molecule has 9 nitrogen and oxygen atoms in total. The molecule has 0 aliphatic heterocycles. The maximum absolute atomic E-state index is 11.5. The van der Waals surface area contributed by atoms with E-state index < -0.39 is 21.1 Å². The first kappa shape index (κ1) is 14.0. The van der Waals surface area contributed by atoms with E-state index in [-0.39, 0.29) is 11.5 Å². The van der Waals surface area contributed by atoms with Crippen LogP contribution in [0.5, 0.6) is 0 Å². The molecule has 2 rings (SSSR count). The minimum atomic E-state index is -4.39. The summed E-state index contributed by atoms with van der Waals surface area (Å²) in [4.78, 5) is 11.5. The molecular formula is C10H10N4O5S. The van der Waals surface area contributed by atoms with E-state index in [2.05, 4.69) is 20.7 Å². The molecule has 20 heavy (non-hydrogen) atoms. The summed E-state index contributed by atoms with van der Waals surface area (Å²) >= 11 is 0. The quantitative estimate of drug-likeness (QED) is 0.422. The van der Waals surface area contributed by atoms with Gasteiger partial charge < -0.3 is 4.42 Å². The van der Waals surface area contributed by atoms with Crippen LogP contribution in [0.25, 0.3) is 0 Å². The van der Waals surface area contributed by atoms with Crippen molar-refractivity contribution in [2.24, 2.45) is 5.10 Å². The number of furan rings is 1. The number of hydrazone groups is 1. The number of aryl methyl sites for hydroxylation is 1. The maximum Gasteiger partial charge on any atom is 0.328 e. The summed E-state index contributed by atoms with van der Waals surface area (Å²) in [6.45, 7) is 1.74. The molecule has 2 aromatic rings. The molecule has 0 radical (unpaired) electrons. The summed E-state index contributed by atoms with van der Waals surface area (Å²) in [6, 6.07) is 3.88. The van der Waals surface area contributed by atoms with Gasteiger partial charge in [-0.3, -0.25) is 14.4 Å². The summed E-state index contributed by atoms with van der Waals surface area (Å²) in [5, 5.41) is 9.30. The van der Waals surface area contributed by atoms with Crippen LogP contribution in [0.3, 0.4) is 0 Å². The Morgan fingerprint density at radius 3 is 2.85 bits per heavy atom. The molecule has 0 bridgehead atoms. The Kier molecular flexibility index (Phi) is 3.68. The van der Waals surface area contributed by atoms with Crippen LogP contribution >= 0.6 is 0 Å². The van der Waals surface area contributed by atoms with Crippen molar-refractivity contribution in [3.63, 3.8) is 0 Å². The number of aromatic amines is 1. The number of H-pyrrole nitrogens is 1. The Balaban J connectivity index is 2.00. The lowest BCUT2D eigenvalue weighted by Crippen LogP contribution is -2.17. The minimum Gasteiger partial charge on any atom is -0.441 e. The van der Waals surface area contributed by atoms with Gasteiger partial charge in [0.1, 0.15) is 5.76 Å². The fourth-order valence-electron chi connectivity index (χ4n) is 1.29. The van der Waals surface area contributed by atoms with Gasteiger partial charge >= 0.3 is 10.1 Å². The molecule has 2 aromatic heterocycles. The van der Waals surface area contributed by atoms with Crippen LogP contribution in [0.4, 0.5) is 0 Å². The van der Waals surface area contributed by atoms with Crippen LogP contribution in [0, 0.1) is 6.92 Å². The third-order valence-corrected chi connectivity index (χ3v) is 2.88. The van der Waals surface area contributed by atoms with Crippen molar-refractivity contribution >= 4 is 22.2 Å². The molecule has 0 aliphatic carbocycles. The van der Waals surface area contributed by atoms with Gasteiger partial charge in [-0.15, -0.1) is 0 Å². The summed E-state index contributed by atoms with van der Waals surface area (Å²) < 4.78 is 35.0. The van der Waals surface area contributed by atoms with Gasteiger partial charge in [0.25, 0.3) is 5.91 Å². The second kappa shape index (κ2) is 5.27. The predicted octanol–water partition coefficient (Wildman–Crippen LogP) is 0.322. The first-order chi connectivity index (χ1) is 9.36. The second-order valence-electron chi connectivity index (χ2n) is 3.77. The Morgan fingerprint density at radius 1 is 1.55 bits per heavy atom. The molecule has 0 aliphatic rings. The van der Waals surface area contributed by atoms with Gasteiger partial charge in [-0.2, -0.15) is 18.6 Å². The lowest BCUT2D eigenvalue weighted by atomic mass is 10.4. The van der Waals surface area contributed by atoms with Gasteiger partial charge in [0, 0.05) is 5.69 Å². The maximum atomic E-state index is 11.5. The van der Waals surface area contributed by atoms with Crippen molar-refractivity contribution in [1.82, 2.24) is 15.6 Å². The third-order valence-electron chi connectivity index (χ3n) is 2.15. The number of nitrogens with one attached hydrogen (secondary N) is 2. The van der Waals surface area contributed by atoms with Gasteiger partial charge in [-0.25, -0.2) is 5.43 Å². The highest BCUT2D eigenvalue weighted by molar-refractivity contribution is 7.85. The molecule has 0 saturated heterocycles. The van der Waals surface area contributed by atoms with Crippen molar-refractivity contribution in [3.05, 3.63) is 35.3 Å². The summed E-state index contributed by atoms with van der Waals surface area (Å²) in [5.41, 5.74) is 3.07. The highest BCUT2D eigenvalue weighted by Gasteiger charge is 2.14. The van der Waals surface area contributed by atoms with E-state index in [9.17, 15) is 13.2 Å². The lowest BCUT2D eigenvalue weighted by Gasteiger charge is -1.93. The van der Waals surface area contributed by atoms with E-state index in [1.165, 1.54) is 12.1 Å². The van der Waals surface area contributed by atoms with Crippen LogP contribution < -0.4 is 5.43 Å². The molecule has 1 amide bonds. The van der Waals surface area contributed by atoms with Crippen LogP contribution in [-0.4, -0.2) is 35.3 Å². The van der Waals surface area contributed by atoms with E-state index in [4.69, 9.17) is 8.97 Å². The molecular weight excluding hydrogens is 288 g/mol. The van der Waals surface area contributed by atoms with E-state index in [1.807, 2.05) is 0 Å². The van der Waals surface area contributed by atoms with Crippen molar-refractivity contribution in [2.75, 3.05) is 0 Å². The fraction of sp³-hybridized carbons (Fsp3) is 0.100. The van der Waals surface area contributed by atoms with E-state index in [0.717, 1.165) is 18.0 Å². The molecule has 0 spiro atoms. The number of nitrogens with zero attached hydrogens (tertiary/aromatic N) is 2. The Labute approximate surface area is 113 Å². The van der Waals surface area contributed by atoms with Crippen molar-refractivity contribution in [1.29, 1.82) is 0 Å². The zero-order valence-corrected chi connectivity index (χ0v) is 11.0. The molecule has 0 unspecified atom stereocenters. The number of carbonyl (C=O) groups is 1. The fourth-order valence-corrected chi connectivity index (χ4v) is 1.73. The molecule has 0 aromatic carbocycles. The van der Waals surface area contributed by atoms with Crippen LogP contribution in [-0.2, 0) is 10.1 Å². The topological polar surface area (TPSA) is 138 Å². The molecule has 10 heteroatoms. The van der Waals surface area contributed by atoms with Gasteiger partial charge in [-0.1, -0.05) is 0 Å². The van der Waals surface area contributed by atoms with E-state index in [0.29, 0.717) is 0 Å². The zero-order chi connectivity index (χ0) is 14.8. The minimum absolute atomic E-state index is 0.0520. The Hall–Kier alpha value is -2.46. The average Bonchev–Trinajstić information content (AvgIpc) is 2.97. The van der Waals surface area contributed by atoms with Gasteiger partial charge in [0.15, 0.2) is 5.69 Å². The molecule has 0 saturated carbocycles. The van der Waals surface area contributed by atoms with Crippen LogP contribution in [0.2, 0.25) is 0 Å². The molecule has 2 heterocycles. The number of hydrogen-bond donors (Lipinski definition) is 3. The average molecular weight is 298 g/mol. The smallest absolute Gasteiger partial charge is 0.328 e. The van der Waals surface area contributed by atoms with Crippen molar-refractivity contribution < 1.29 is 22.2 Å². The Bertz CT molecular complexity index is 758. The first-order valence-electron chi connectivity index (χ1n) is 5.29. The summed E-state index contributed by atoms with van der Waals surface area (Å²) in [6.07, 6.45) is 1.09. The molecule has 3 N–H and O–H groups in total. The van der Waals surface area contributed by atoms with E-state index in [1.54, 1.807) is 6.92 Å². The van der Waals surface area contributed by atoms with Gasteiger partial charge in [0.05, 0.1) is 6.21 Å².